The van der Waals surface area contributed by atoms with Crippen LogP contribution in [0, 0.1) is 0 Å². The van der Waals surface area contributed by atoms with E-state index in [0.717, 1.165) is 13.2 Å². The van der Waals surface area contributed by atoms with E-state index in [1.807, 2.05) is 6.07 Å². The number of hydrogen-bond donors (Lipinski definition) is 0. The second kappa shape index (κ2) is 11.7. The first-order valence-corrected chi connectivity index (χ1v) is 8.28. The summed E-state index contributed by atoms with van der Waals surface area (Å²) in [6.07, 6.45) is 10.8. The minimum absolute atomic E-state index is 0.746. The summed E-state index contributed by atoms with van der Waals surface area (Å²) in [6, 6.07) is 10.4. The summed E-state index contributed by atoms with van der Waals surface area (Å²) in [7, 11) is 0. The second-order valence-electron chi connectivity index (χ2n) is 4.34. The number of rotatable bonds is 10. The first-order chi connectivity index (χ1) is 8.93. The van der Waals surface area contributed by atoms with Crippen molar-refractivity contribution in [3.05, 3.63) is 48.0 Å². The molecule has 0 aliphatic heterocycles. The molecule has 0 spiro atoms. The molecule has 1 rings (SSSR count). The van der Waals surface area contributed by atoms with Gasteiger partial charge < -0.3 is 4.74 Å². The fraction of sp³-hybridized carbons (Fsp3) is 0.500. The molecule has 0 saturated heterocycles. The average Bonchev–Trinajstić information content (AvgIpc) is 2.42. The summed E-state index contributed by atoms with van der Waals surface area (Å²) in [5, 5.41) is 0. The molecule has 1 aromatic rings. The molecule has 0 atom stereocenters. The third-order valence-corrected chi connectivity index (χ3v) is 3.34. The van der Waals surface area contributed by atoms with Crippen molar-refractivity contribution in [1.29, 1.82) is 0 Å². The van der Waals surface area contributed by atoms with Gasteiger partial charge >= 0.3 is 0 Å². The third kappa shape index (κ3) is 8.70. The summed E-state index contributed by atoms with van der Waals surface area (Å²) in [6.45, 7) is 1.63. The van der Waals surface area contributed by atoms with Crippen molar-refractivity contribution in [1.82, 2.24) is 0 Å². The van der Waals surface area contributed by atoms with Gasteiger partial charge in [0.2, 0.25) is 0 Å². The predicted molar refractivity (Wildman–Crippen MR) is 87.2 cm³/mol. The maximum Gasteiger partial charge on any atom is 0.0716 e. The number of halogens is 1. The molecule has 0 amide bonds. The molecule has 0 aliphatic carbocycles. The summed E-state index contributed by atoms with van der Waals surface area (Å²) in [5.41, 5.74) is 1.26. The molecule has 0 saturated carbocycles. The minimum atomic E-state index is 0.746. The van der Waals surface area contributed by atoms with E-state index >= 15 is 0 Å². The van der Waals surface area contributed by atoms with Gasteiger partial charge in [-0.2, -0.15) is 0 Å². The molecular formula is C16H23IO. The number of allylic oxidation sites excluding steroid dienone is 2. The molecule has 0 N–H and O–H groups in total. The van der Waals surface area contributed by atoms with E-state index in [0.29, 0.717) is 0 Å². The zero-order chi connectivity index (χ0) is 12.9. The Morgan fingerprint density at radius 3 is 2.50 bits per heavy atom. The maximum absolute atomic E-state index is 5.65. The van der Waals surface area contributed by atoms with Crippen molar-refractivity contribution in [3.63, 3.8) is 0 Å². The van der Waals surface area contributed by atoms with E-state index in [9.17, 15) is 0 Å². The minimum Gasteiger partial charge on any atom is -0.377 e. The summed E-state index contributed by atoms with van der Waals surface area (Å²) in [5.74, 6) is 0. The lowest BCUT2D eigenvalue weighted by Crippen LogP contribution is -1.95. The fourth-order valence-corrected chi connectivity index (χ4v) is 2.07. The van der Waals surface area contributed by atoms with E-state index in [4.69, 9.17) is 4.74 Å². The summed E-state index contributed by atoms with van der Waals surface area (Å²) in [4.78, 5) is 0. The van der Waals surface area contributed by atoms with Crippen LogP contribution < -0.4 is 0 Å². The Kier molecular flexibility index (Phi) is 10.2. The Balaban J connectivity index is 1.87. The van der Waals surface area contributed by atoms with E-state index in [1.165, 1.54) is 42.1 Å². The summed E-state index contributed by atoms with van der Waals surface area (Å²) < 4.78 is 6.87. The highest BCUT2D eigenvalue weighted by Gasteiger charge is 1.92. The zero-order valence-electron chi connectivity index (χ0n) is 11.0. The third-order valence-electron chi connectivity index (χ3n) is 2.71. The number of unbranched alkanes of at least 4 members (excludes halogenated alkanes) is 3. The SMILES string of the molecule is ICC/C=C\CCCCCOCc1ccccc1. The highest BCUT2D eigenvalue weighted by molar-refractivity contribution is 14.1. The topological polar surface area (TPSA) is 9.23 Å². The molecule has 0 aromatic heterocycles. The lowest BCUT2D eigenvalue weighted by molar-refractivity contribution is 0.117. The molecular weight excluding hydrogens is 335 g/mol. The molecule has 100 valence electrons. The van der Waals surface area contributed by atoms with Crippen LogP contribution in [0.2, 0.25) is 0 Å². The standard InChI is InChI=1S/C16H23IO/c17-13-9-4-2-1-3-5-10-14-18-15-16-11-7-6-8-12-16/h2,4,6-8,11-12H,1,3,5,9-10,13-15H2/b4-2-. The Hall–Kier alpha value is -0.350. The van der Waals surface area contributed by atoms with Gasteiger partial charge in [0.05, 0.1) is 6.61 Å². The quantitative estimate of drug-likeness (QED) is 0.243. The molecule has 18 heavy (non-hydrogen) atoms. The van der Waals surface area contributed by atoms with Crippen LogP contribution in [0.4, 0.5) is 0 Å². The van der Waals surface area contributed by atoms with Crippen LogP contribution in [0.15, 0.2) is 42.5 Å². The number of alkyl halides is 1. The van der Waals surface area contributed by atoms with Crippen LogP contribution in [0.1, 0.15) is 37.7 Å². The number of benzene rings is 1. The Morgan fingerprint density at radius 2 is 1.72 bits per heavy atom. The van der Waals surface area contributed by atoms with Crippen LogP contribution in [0.25, 0.3) is 0 Å². The monoisotopic (exact) mass is 358 g/mol. The molecule has 2 heteroatoms. The molecule has 0 radical (unpaired) electrons. The first-order valence-electron chi connectivity index (χ1n) is 6.76. The van der Waals surface area contributed by atoms with E-state index in [1.54, 1.807) is 0 Å². The van der Waals surface area contributed by atoms with Gasteiger partial charge in [-0.25, -0.2) is 0 Å². The normalized spacial score (nSPS) is 11.2. The molecule has 0 heterocycles. The smallest absolute Gasteiger partial charge is 0.0716 e. The van der Waals surface area contributed by atoms with Gasteiger partial charge in [0.25, 0.3) is 0 Å². The number of ether oxygens (including phenoxy) is 1. The van der Waals surface area contributed by atoms with Crippen molar-refractivity contribution in [2.75, 3.05) is 11.0 Å². The Morgan fingerprint density at radius 1 is 0.944 bits per heavy atom. The van der Waals surface area contributed by atoms with Gasteiger partial charge in [-0.05, 0) is 31.2 Å². The first kappa shape index (κ1) is 15.7. The van der Waals surface area contributed by atoms with Gasteiger partial charge in [0.15, 0.2) is 0 Å². The van der Waals surface area contributed by atoms with Crippen molar-refractivity contribution >= 4 is 22.6 Å². The lowest BCUT2D eigenvalue weighted by atomic mass is 10.2. The van der Waals surface area contributed by atoms with Gasteiger partial charge in [0, 0.05) is 11.0 Å². The van der Waals surface area contributed by atoms with E-state index < -0.39 is 0 Å². The molecule has 0 aliphatic rings. The van der Waals surface area contributed by atoms with Crippen molar-refractivity contribution in [2.24, 2.45) is 0 Å². The van der Waals surface area contributed by atoms with Crippen LogP contribution in [-0.4, -0.2) is 11.0 Å². The number of hydrogen-bond acceptors (Lipinski definition) is 1. The van der Waals surface area contributed by atoms with E-state index in [2.05, 4.69) is 59.0 Å². The van der Waals surface area contributed by atoms with Crippen LogP contribution >= 0.6 is 22.6 Å². The van der Waals surface area contributed by atoms with Crippen LogP contribution in [-0.2, 0) is 11.3 Å². The average molecular weight is 358 g/mol. The largest absolute Gasteiger partial charge is 0.377 e. The van der Waals surface area contributed by atoms with Gasteiger partial charge in [0.1, 0.15) is 0 Å². The molecule has 0 fully saturated rings. The zero-order valence-corrected chi connectivity index (χ0v) is 13.1. The lowest BCUT2D eigenvalue weighted by Gasteiger charge is -2.03. The van der Waals surface area contributed by atoms with Gasteiger partial charge in [-0.15, -0.1) is 0 Å². The second-order valence-corrected chi connectivity index (χ2v) is 5.42. The molecule has 0 bridgehead atoms. The fourth-order valence-electron chi connectivity index (χ4n) is 1.71. The predicted octanol–water partition coefficient (Wildman–Crippen LogP) is 5.14. The van der Waals surface area contributed by atoms with Crippen LogP contribution in [0.5, 0.6) is 0 Å². The van der Waals surface area contributed by atoms with Gasteiger partial charge in [-0.3, -0.25) is 0 Å². The van der Waals surface area contributed by atoms with Crippen molar-refractivity contribution < 1.29 is 4.74 Å². The Bertz CT molecular complexity index is 308. The van der Waals surface area contributed by atoms with Crippen LogP contribution in [0.3, 0.4) is 0 Å². The molecule has 1 nitrogen and oxygen atoms in total. The molecule has 1 aromatic carbocycles. The molecule has 0 unspecified atom stereocenters. The highest BCUT2D eigenvalue weighted by atomic mass is 127. The van der Waals surface area contributed by atoms with Crippen molar-refractivity contribution in [3.8, 4) is 0 Å². The van der Waals surface area contributed by atoms with Crippen molar-refractivity contribution in [2.45, 2.75) is 38.7 Å². The van der Waals surface area contributed by atoms with Gasteiger partial charge in [-0.1, -0.05) is 71.5 Å². The highest BCUT2D eigenvalue weighted by Crippen LogP contribution is 2.04. The summed E-state index contributed by atoms with van der Waals surface area (Å²) >= 11 is 2.41. The maximum atomic E-state index is 5.65. The Labute approximate surface area is 125 Å². The van der Waals surface area contributed by atoms with E-state index in [-0.39, 0.29) is 0 Å².